The van der Waals surface area contributed by atoms with Crippen molar-refractivity contribution in [2.75, 3.05) is 13.1 Å². The fourth-order valence-electron chi connectivity index (χ4n) is 1.52. The van der Waals surface area contributed by atoms with Crippen molar-refractivity contribution in [1.29, 1.82) is 0 Å². The Morgan fingerprint density at radius 3 is 2.83 bits per heavy atom. The summed E-state index contributed by atoms with van der Waals surface area (Å²) in [4.78, 5) is 6.83. The van der Waals surface area contributed by atoms with E-state index in [9.17, 15) is 0 Å². The fraction of sp³-hybridized carbons (Fsp3) is 0.625. The Kier molecular flexibility index (Phi) is 2.78. The van der Waals surface area contributed by atoms with Crippen LogP contribution >= 0.6 is 27.3 Å². The van der Waals surface area contributed by atoms with Crippen LogP contribution in [-0.4, -0.2) is 23.0 Å². The van der Waals surface area contributed by atoms with E-state index >= 15 is 0 Å². The highest BCUT2D eigenvalue weighted by molar-refractivity contribution is 9.11. The maximum Gasteiger partial charge on any atom is 0.159 e. The lowest BCUT2D eigenvalue weighted by Crippen LogP contribution is -2.18. The SMILES string of the molecule is Brc1nc(CN2CCCC2)cs1. The van der Waals surface area contributed by atoms with E-state index in [1.807, 2.05) is 0 Å². The number of halogens is 1. The topological polar surface area (TPSA) is 16.1 Å². The van der Waals surface area contributed by atoms with Crippen molar-refractivity contribution >= 4 is 27.3 Å². The van der Waals surface area contributed by atoms with Gasteiger partial charge in [0.1, 0.15) is 0 Å². The van der Waals surface area contributed by atoms with Gasteiger partial charge in [0.25, 0.3) is 0 Å². The van der Waals surface area contributed by atoms with Crippen LogP contribution in [0.25, 0.3) is 0 Å². The summed E-state index contributed by atoms with van der Waals surface area (Å²) in [6.45, 7) is 3.52. The number of nitrogens with zero attached hydrogens (tertiary/aromatic N) is 2. The molecule has 0 unspecified atom stereocenters. The third-order valence-corrected chi connectivity index (χ3v) is 3.52. The quantitative estimate of drug-likeness (QED) is 0.798. The first kappa shape index (κ1) is 8.66. The van der Waals surface area contributed by atoms with Crippen LogP contribution in [0, 0.1) is 0 Å². The number of rotatable bonds is 2. The zero-order chi connectivity index (χ0) is 8.39. The van der Waals surface area contributed by atoms with Crippen LogP contribution in [0.15, 0.2) is 9.30 Å². The lowest BCUT2D eigenvalue weighted by atomic mass is 10.4. The van der Waals surface area contributed by atoms with Crippen molar-refractivity contribution < 1.29 is 0 Å². The molecule has 2 heterocycles. The van der Waals surface area contributed by atoms with Gasteiger partial charge in [-0.25, -0.2) is 4.98 Å². The number of thiazole rings is 1. The number of hydrogen-bond donors (Lipinski definition) is 0. The second-order valence-corrected chi connectivity index (χ2v) is 5.21. The van der Waals surface area contributed by atoms with Gasteiger partial charge in [-0.3, -0.25) is 4.90 Å². The minimum Gasteiger partial charge on any atom is -0.297 e. The van der Waals surface area contributed by atoms with Crippen LogP contribution < -0.4 is 0 Å². The van der Waals surface area contributed by atoms with Gasteiger partial charge in [-0.1, -0.05) is 0 Å². The molecule has 2 rings (SSSR count). The normalized spacial score (nSPS) is 18.8. The average molecular weight is 247 g/mol. The minimum absolute atomic E-state index is 0.997. The highest BCUT2D eigenvalue weighted by Crippen LogP contribution is 2.18. The van der Waals surface area contributed by atoms with E-state index < -0.39 is 0 Å². The fourth-order valence-corrected chi connectivity index (χ4v) is 2.56. The van der Waals surface area contributed by atoms with E-state index in [0.717, 1.165) is 10.5 Å². The van der Waals surface area contributed by atoms with Crippen molar-refractivity contribution in [3.8, 4) is 0 Å². The molecule has 66 valence electrons. The molecule has 0 saturated carbocycles. The van der Waals surface area contributed by atoms with Crippen molar-refractivity contribution in [2.45, 2.75) is 19.4 Å². The molecule has 1 aliphatic heterocycles. The lowest BCUT2D eigenvalue weighted by Gasteiger charge is -2.11. The molecule has 0 N–H and O–H groups in total. The smallest absolute Gasteiger partial charge is 0.159 e. The van der Waals surface area contributed by atoms with Gasteiger partial charge in [-0.05, 0) is 41.9 Å². The highest BCUT2D eigenvalue weighted by Gasteiger charge is 2.12. The summed E-state index contributed by atoms with van der Waals surface area (Å²) in [6, 6.07) is 0. The summed E-state index contributed by atoms with van der Waals surface area (Å²) >= 11 is 5.04. The first-order valence-electron chi connectivity index (χ1n) is 4.17. The molecule has 0 aliphatic carbocycles. The van der Waals surface area contributed by atoms with Crippen molar-refractivity contribution in [3.63, 3.8) is 0 Å². The standard InChI is InChI=1S/C8H11BrN2S/c9-8-10-7(6-12-8)5-11-3-1-2-4-11/h6H,1-5H2. The Morgan fingerprint density at radius 1 is 1.50 bits per heavy atom. The van der Waals surface area contributed by atoms with E-state index in [4.69, 9.17) is 0 Å². The maximum atomic E-state index is 4.37. The number of aromatic nitrogens is 1. The molecule has 1 aliphatic rings. The van der Waals surface area contributed by atoms with Gasteiger partial charge in [0, 0.05) is 11.9 Å². The van der Waals surface area contributed by atoms with Gasteiger partial charge in [0.05, 0.1) is 5.69 Å². The summed E-state index contributed by atoms with van der Waals surface area (Å²) in [5.74, 6) is 0. The zero-order valence-electron chi connectivity index (χ0n) is 6.79. The van der Waals surface area contributed by atoms with Crippen molar-refractivity contribution in [1.82, 2.24) is 9.88 Å². The first-order valence-corrected chi connectivity index (χ1v) is 5.84. The molecule has 4 heteroatoms. The molecule has 0 radical (unpaired) electrons. The van der Waals surface area contributed by atoms with E-state index in [1.165, 1.54) is 31.6 Å². The molecule has 0 bridgehead atoms. The van der Waals surface area contributed by atoms with Gasteiger partial charge in [0.2, 0.25) is 0 Å². The summed E-state index contributed by atoms with van der Waals surface area (Å²) in [7, 11) is 0. The molecule has 12 heavy (non-hydrogen) atoms. The molecule has 2 nitrogen and oxygen atoms in total. The van der Waals surface area contributed by atoms with Crippen LogP contribution in [0.3, 0.4) is 0 Å². The molecule has 0 atom stereocenters. The molecule has 0 amide bonds. The predicted molar refractivity (Wildman–Crippen MR) is 54.3 cm³/mol. The van der Waals surface area contributed by atoms with E-state index in [2.05, 4.69) is 31.2 Å². The molecule has 1 saturated heterocycles. The van der Waals surface area contributed by atoms with Crippen LogP contribution in [0.5, 0.6) is 0 Å². The molecule has 0 aromatic carbocycles. The first-order chi connectivity index (χ1) is 5.84. The summed E-state index contributed by atoms with van der Waals surface area (Å²) in [5.41, 5.74) is 1.20. The Bertz CT molecular complexity index is 255. The molecular weight excluding hydrogens is 236 g/mol. The van der Waals surface area contributed by atoms with Crippen LogP contribution in [-0.2, 0) is 6.54 Å². The average Bonchev–Trinajstić information content (AvgIpc) is 2.63. The van der Waals surface area contributed by atoms with Crippen molar-refractivity contribution in [3.05, 3.63) is 15.0 Å². The summed E-state index contributed by atoms with van der Waals surface area (Å²) < 4.78 is 0.997. The van der Waals surface area contributed by atoms with E-state index in [-0.39, 0.29) is 0 Å². The molecule has 1 aromatic rings. The minimum atomic E-state index is 0.997. The Hall–Kier alpha value is 0.0700. The second-order valence-electron chi connectivity index (χ2n) is 3.08. The van der Waals surface area contributed by atoms with Crippen LogP contribution in [0.4, 0.5) is 0 Å². The van der Waals surface area contributed by atoms with E-state index in [1.54, 1.807) is 11.3 Å². The van der Waals surface area contributed by atoms with Crippen LogP contribution in [0.2, 0.25) is 0 Å². The molecule has 1 aromatic heterocycles. The summed E-state index contributed by atoms with van der Waals surface area (Å²) in [5, 5.41) is 2.13. The largest absolute Gasteiger partial charge is 0.297 e. The summed E-state index contributed by atoms with van der Waals surface area (Å²) in [6.07, 6.45) is 2.70. The van der Waals surface area contributed by atoms with Crippen molar-refractivity contribution in [2.24, 2.45) is 0 Å². The molecular formula is C8H11BrN2S. The number of hydrogen-bond acceptors (Lipinski definition) is 3. The Labute approximate surface area is 84.7 Å². The van der Waals surface area contributed by atoms with Gasteiger partial charge < -0.3 is 0 Å². The third-order valence-electron chi connectivity index (χ3n) is 2.11. The Morgan fingerprint density at radius 2 is 2.25 bits per heavy atom. The molecule has 1 fully saturated rings. The predicted octanol–water partition coefficient (Wildman–Crippen LogP) is 2.50. The van der Waals surface area contributed by atoms with Gasteiger partial charge in [-0.15, -0.1) is 11.3 Å². The highest BCUT2D eigenvalue weighted by atomic mass is 79.9. The van der Waals surface area contributed by atoms with Gasteiger partial charge >= 0.3 is 0 Å². The van der Waals surface area contributed by atoms with Gasteiger partial charge in [0.15, 0.2) is 3.92 Å². The number of likely N-dealkylation sites (tertiary alicyclic amines) is 1. The monoisotopic (exact) mass is 246 g/mol. The zero-order valence-corrected chi connectivity index (χ0v) is 9.20. The lowest BCUT2D eigenvalue weighted by molar-refractivity contribution is 0.328. The Balaban J connectivity index is 1.94. The van der Waals surface area contributed by atoms with Crippen LogP contribution in [0.1, 0.15) is 18.5 Å². The van der Waals surface area contributed by atoms with Gasteiger partial charge in [-0.2, -0.15) is 0 Å². The third kappa shape index (κ3) is 2.06. The second kappa shape index (κ2) is 3.85. The van der Waals surface area contributed by atoms with E-state index in [0.29, 0.717) is 0 Å². The molecule has 0 spiro atoms. The maximum absolute atomic E-state index is 4.37.